The van der Waals surface area contributed by atoms with Crippen LogP contribution in [0.5, 0.6) is 0 Å². The summed E-state index contributed by atoms with van der Waals surface area (Å²) in [5.74, 6) is -1.15. The van der Waals surface area contributed by atoms with E-state index in [0.29, 0.717) is 11.1 Å². The number of aliphatic hydroxyl groups excluding tert-OH is 1. The maximum atomic E-state index is 13.2. The molecule has 1 spiro atoms. The van der Waals surface area contributed by atoms with E-state index in [1.54, 1.807) is 12.1 Å². The number of imide groups is 2. The third kappa shape index (κ3) is 4.45. The highest BCUT2D eigenvalue weighted by molar-refractivity contribution is 6.23. The molecule has 0 saturated carbocycles. The molecule has 1 aromatic rings. The van der Waals surface area contributed by atoms with E-state index in [0.717, 1.165) is 68.9 Å². The van der Waals surface area contributed by atoms with Gasteiger partial charge in [-0.05, 0) is 69.4 Å². The Morgan fingerprint density at radius 2 is 1.68 bits per heavy atom. The van der Waals surface area contributed by atoms with Gasteiger partial charge in [0.25, 0.3) is 11.8 Å². The quantitative estimate of drug-likeness (QED) is 0.527. The monoisotopic (exact) mass is 509 g/mol. The number of hydrogen-bond acceptors (Lipinski definition) is 8. The molecule has 0 bridgehead atoms. The van der Waals surface area contributed by atoms with Crippen LogP contribution in [0, 0.1) is 11.3 Å². The summed E-state index contributed by atoms with van der Waals surface area (Å²) in [5.41, 5.74) is 1.89. The molecule has 1 atom stereocenters. The van der Waals surface area contributed by atoms with E-state index in [1.807, 2.05) is 6.07 Å². The van der Waals surface area contributed by atoms with Crippen LogP contribution in [0.25, 0.3) is 0 Å². The lowest BCUT2D eigenvalue weighted by atomic mass is 9.78. The first-order valence-corrected chi connectivity index (χ1v) is 13.5. The predicted octanol–water partition coefficient (Wildman–Crippen LogP) is 0.304. The first-order valence-electron chi connectivity index (χ1n) is 13.5. The van der Waals surface area contributed by atoms with Crippen LogP contribution < -0.4 is 10.2 Å². The lowest BCUT2D eigenvalue weighted by molar-refractivity contribution is -0.136. The van der Waals surface area contributed by atoms with Crippen LogP contribution in [0.1, 0.15) is 52.8 Å². The van der Waals surface area contributed by atoms with Crippen molar-refractivity contribution in [3.8, 4) is 0 Å². The highest BCUT2D eigenvalue weighted by Crippen LogP contribution is 2.43. The van der Waals surface area contributed by atoms with Gasteiger partial charge in [0.05, 0.1) is 17.7 Å². The molecule has 2 N–H and O–H groups in total. The summed E-state index contributed by atoms with van der Waals surface area (Å²) in [7, 11) is 0. The first-order chi connectivity index (χ1) is 17.9. The Hall–Kier alpha value is -2.82. The zero-order valence-electron chi connectivity index (χ0n) is 21.2. The Morgan fingerprint density at radius 1 is 0.919 bits per heavy atom. The van der Waals surface area contributed by atoms with Crippen LogP contribution in [0.4, 0.5) is 5.69 Å². The number of benzene rings is 1. The van der Waals surface area contributed by atoms with E-state index in [-0.39, 0.29) is 30.8 Å². The number of piperidine rings is 2. The Bertz CT molecular complexity index is 1120. The molecule has 198 valence electrons. The number of likely N-dealkylation sites (tertiary alicyclic amines) is 2. The molecule has 5 aliphatic rings. The van der Waals surface area contributed by atoms with Crippen LogP contribution in [0.15, 0.2) is 18.2 Å². The molecule has 0 aromatic heterocycles. The molecule has 0 radical (unpaired) electrons. The van der Waals surface area contributed by atoms with Crippen molar-refractivity contribution in [3.05, 3.63) is 29.3 Å². The van der Waals surface area contributed by atoms with Gasteiger partial charge in [0.1, 0.15) is 6.04 Å². The second-order valence-electron chi connectivity index (χ2n) is 11.5. The first kappa shape index (κ1) is 24.5. The average molecular weight is 510 g/mol. The fraction of sp³-hybridized carbons (Fsp3) is 0.630. The molecular weight excluding hydrogens is 474 g/mol. The molecule has 10 heteroatoms. The van der Waals surface area contributed by atoms with Gasteiger partial charge in [-0.3, -0.25) is 29.4 Å². The summed E-state index contributed by atoms with van der Waals surface area (Å²) >= 11 is 0. The fourth-order valence-electron chi connectivity index (χ4n) is 6.94. The van der Waals surface area contributed by atoms with Gasteiger partial charge in [0.15, 0.2) is 0 Å². The number of fused-ring (bicyclic) bond motifs is 1. The highest BCUT2D eigenvalue weighted by Gasteiger charge is 2.49. The minimum absolute atomic E-state index is 0.116. The van der Waals surface area contributed by atoms with Crippen molar-refractivity contribution in [2.75, 3.05) is 63.9 Å². The topological polar surface area (TPSA) is 114 Å². The number of carbonyl (C=O) groups is 4. The smallest absolute Gasteiger partial charge is 0.262 e. The van der Waals surface area contributed by atoms with Crippen molar-refractivity contribution in [2.24, 2.45) is 11.3 Å². The van der Waals surface area contributed by atoms with Gasteiger partial charge in [0, 0.05) is 50.2 Å². The largest absolute Gasteiger partial charge is 0.395 e. The van der Waals surface area contributed by atoms with Crippen LogP contribution in [-0.2, 0) is 9.59 Å². The molecule has 1 aromatic carbocycles. The molecule has 6 rings (SSSR count). The van der Waals surface area contributed by atoms with Gasteiger partial charge in [-0.25, -0.2) is 0 Å². The van der Waals surface area contributed by atoms with Gasteiger partial charge in [0.2, 0.25) is 11.8 Å². The minimum atomic E-state index is -0.938. The van der Waals surface area contributed by atoms with Crippen LogP contribution in [0.2, 0.25) is 0 Å². The van der Waals surface area contributed by atoms with Crippen molar-refractivity contribution >= 4 is 29.3 Å². The van der Waals surface area contributed by atoms with E-state index in [1.165, 1.54) is 19.3 Å². The number of anilines is 1. The molecule has 4 saturated heterocycles. The molecule has 4 amide bonds. The Labute approximate surface area is 216 Å². The number of β-amino-alcohol motifs (C(OH)–C–C–N with tert-alkyl or cyclic N) is 1. The summed E-state index contributed by atoms with van der Waals surface area (Å²) < 4.78 is 0. The van der Waals surface area contributed by atoms with Gasteiger partial charge in [-0.1, -0.05) is 0 Å². The predicted molar refractivity (Wildman–Crippen MR) is 135 cm³/mol. The summed E-state index contributed by atoms with van der Waals surface area (Å²) in [6.45, 7) is 8.45. The summed E-state index contributed by atoms with van der Waals surface area (Å²) in [6.07, 6.45) is 3.86. The molecule has 4 fully saturated rings. The molecule has 37 heavy (non-hydrogen) atoms. The lowest BCUT2D eigenvalue weighted by Gasteiger charge is -2.49. The highest BCUT2D eigenvalue weighted by atomic mass is 16.3. The van der Waals surface area contributed by atoms with E-state index in [9.17, 15) is 19.2 Å². The fourth-order valence-corrected chi connectivity index (χ4v) is 6.94. The number of nitrogens with one attached hydrogen (secondary N) is 1. The van der Waals surface area contributed by atoms with Gasteiger partial charge < -0.3 is 19.8 Å². The van der Waals surface area contributed by atoms with Crippen molar-refractivity contribution in [2.45, 2.75) is 38.1 Å². The molecule has 0 aliphatic carbocycles. The number of amides is 4. The van der Waals surface area contributed by atoms with Crippen LogP contribution in [0.3, 0.4) is 0 Å². The molecule has 5 heterocycles. The summed E-state index contributed by atoms with van der Waals surface area (Å²) in [4.78, 5) is 58.2. The van der Waals surface area contributed by atoms with Crippen molar-refractivity contribution in [3.63, 3.8) is 0 Å². The Kier molecular flexibility index (Phi) is 6.29. The van der Waals surface area contributed by atoms with Crippen molar-refractivity contribution < 1.29 is 24.3 Å². The van der Waals surface area contributed by atoms with E-state index < -0.39 is 23.8 Å². The average Bonchev–Trinajstić information content (AvgIpc) is 3.39. The van der Waals surface area contributed by atoms with E-state index in [4.69, 9.17) is 5.11 Å². The maximum absolute atomic E-state index is 13.2. The normalized spacial score (nSPS) is 26.7. The number of hydrogen-bond donors (Lipinski definition) is 2. The van der Waals surface area contributed by atoms with Gasteiger partial charge in [-0.15, -0.1) is 0 Å². The standard InChI is InChI=1S/C27H35N5O5/c33-12-11-29-8-5-18(6-9-29)14-30-10-7-27(15-30)16-31(17-27)19-1-2-20-21(13-19)26(37)32(25(20)36)22-3-4-23(34)28-24(22)35/h1-2,13,18,22,33H,3-12,14-17H2,(H,28,34,35). The van der Waals surface area contributed by atoms with Gasteiger partial charge in [-0.2, -0.15) is 0 Å². The van der Waals surface area contributed by atoms with Crippen LogP contribution in [-0.4, -0.2) is 108 Å². The lowest BCUT2D eigenvalue weighted by Crippen LogP contribution is -2.58. The zero-order chi connectivity index (χ0) is 25.7. The van der Waals surface area contributed by atoms with E-state index in [2.05, 4.69) is 20.0 Å². The number of aliphatic hydroxyl groups is 1. The van der Waals surface area contributed by atoms with Crippen molar-refractivity contribution in [1.82, 2.24) is 20.0 Å². The summed E-state index contributed by atoms with van der Waals surface area (Å²) in [6, 6.07) is 4.46. The second-order valence-corrected chi connectivity index (χ2v) is 11.5. The Morgan fingerprint density at radius 3 is 2.41 bits per heavy atom. The number of nitrogens with zero attached hydrogens (tertiary/aromatic N) is 4. The minimum Gasteiger partial charge on any atom is -0.395 e. The van der Waals surface area contributed by atoms with Crippen molar-refractivity contribution in [1.29, 1.82) is 0 Å². The van der Waals surface area contributed by atoms with Crippen LogP contribution >= 0.6 is 0 Å². The molecular formula is C27H35N5O5. The SMILES string of the molecule is O=C1CCC(N2C(=O)c3ccc(N4CC5(CCN(CC6CCN(CCO)CC6)C5)C4)cc3C2=O)C(=O)N1. The van der Waals surface area contributed by atoms with Gasteiger partial charge >= 0.3 is 0 Å². The molecule has 5 aliphatic heterocycles. The van der Waals surface area contributed by atoms with E-state index >= 15 is 0 Å². The molecule has 1 unspecified atom stereocenters. The Balaban J connectivity index is 1.05. The third-order valence-electron chi connectivity index (χ3n) is 9.00. The molecule has 10 nitrogen and oxygen atoms in total. The summed E-state index contributed by atoms with van der Waals surface area (Å²) in [5, 5.41) is 11.4. The number of rotatable bonds is 6. The second kappa shape index (κ2) is 9.49. The zero-order valence-corrected chi connectivity index (χ0v) is 21.2. The third-order valence-corrected chi connectivity index (χ3v) is 9.00. The maximum Gasteiger partial charge on any atom is 0.262 e. The number of carbonyl (C=O) groups excluding carboxylic acids is 4.